The van der Waals surface area contributed by atoms with E-state index in [0.29, 0.717) is 12.0 Å². The molecule has 0 aliphatic heterocycles. The number of rotatable bonds is 14. The van der Waals surface area contributed by atoms with E-state index in [9.17, 15) is 0 Å². The summed E-state index contributed by atoms with van der Waals surface area (Å²) in [6, 6.07) is 0.440. The molecule has 0 aliphatic carbocycles. The topological polar surface area (TPSA) is 48.9 Å². The molecule has 0 aliphatic rings. The van der Waals surface area contributed by atoms with Gasteiger partial charge >= 0.3 is 0 Å². The van der Waals surface area contributed by atoms with Crippen LogP contribution < -0.4 is 10.6 Å². The summed E-state index contributed by atoms with van der Waals surface area (Å²) in [6.45, 7) is 19.9. The van der Waals surface area contributed by atoms with E-state index < -0.39 is 0 Å². The Labute approximate surface area is 173 Å². The molecule has 6 heteroatoms. The summed E-state index contributed by atoms with van der Waals surface area (Å²) >= 11 is 0. The molecule has 1 atom stereocenters. The third-order valence-electron chi connectivity index (χ3n) is 3.90. The predicted molar refractivity (Wildman–Crippen MR) is 121 cm³/mol. The Morgan fingerprint density at radius 2 is 1.76 bits per heavy atom. The normalized spacial score (nSPS) is 13.0. The maximum atomic E-state index is 5.60. The van der Waals surface area contributed by atoms with Gasteiger partial charge in [-0.25, -0.2) is 0 Å². The summed E-state index contributed by atoms with van der Waals surface area (Å²) in [6.07, 6.45) is 3.36. The number of hydrogen-bond donors (Lipinski definition) is 2. The van der Waals surface area contributed by atoms with Crippen LogP contribution in [0.2, 0.25) is 0 Å². The molecule has 0 aromatic rings. The van der Waals surface area contributed by atoms with Crippen molar-refractivity contribution in [3.63, 3.8) is 0 Å². The molecule has 1 unspecified atom stereocenters. The van der Waals surface area contributed by atoms with Crippen molar-refractivity contribution < 1.29 is 4.74 Å². The minimum atomic E-state index is 0. The van der Waals surface area contributed by atoms with Gasteiger partial charge in [0.1, 0.15) is 0 Å². The van der Waals surface area contributed by atoms with E-state index in [1.165, 1.54) is 19.4 Å². The lowest BCUT2D eigenvalue weighted by atomic mass is 10.2. The molecule has 0 fully saturated rings. The Kier molecular flexibility index (Phi) is 20.3. The van der Waals surface area contributed by atoms with Gasteiger partial charge in [-0.1, -0.05) is 27.7 Å². The van der Waals surface area contributed by atoms with Crippen molar-refractivity contribution in [2.24, 2.45) is 10.9 Å². The molecule has 0 radical (unpaired) electrons. The van der Waals surface area contributed by atoms with E-state index in [0.717, 1.165) is 51.8 Å². The van der Waals surface area contributed by atoms with Gasteiger partial charge in [-0.15, -0.1) is 24.0 Å². The highest BCUT2D eigenvalue weighted by molar-refractivity contribution is 14.0. The maximum absolute atomic E-state index is 5.60. The minimum absolute atomic E-state index is 0. The number of nitrogens with one attached hydrogen (secondary N) is 2. The van der Waals surface area contributed by atoms with Gasteiger partial charge in [0.05, 0.1) is 0 Å². The molecular weight excluding hydrogens is 427 g/mol. The molecule has 0 heterocycles. The average Bonchev–Trinajstić information content (AvgIpc) is 2.54. The monoisotopic (exact) mass is 470 g/mol. The lowest BCUT2D eigenvalue weighted by Crippen LogP contribution is -2.42. The average molecular weight is 470 g/mol. The van der Waals surface area contributed by atoms with Crippen LogP contribution in [-0.2, 0) is 4.74 Å². The van der Waals surface area contributed by atoms with E-state index in [2.05, 4.69) is 62.1 Å². The molecule has 0 saturated carbocycles. The summed E-state index contributed by atoms with van der Waals surface area (Å²) in [7, 11) is 0. The van der Waals surface area contributed by atoms with E-state index in [-0.39, 0.29) is 24.0 Å². The fourth-order valence-electron chi connectivity index (χ4n) is 2.46. The van der Waals surface area contributed by atoms with Gasteiger partial charge in [0.2, 0.25) is 0 Å². The lowest BCUT2D eigenvalue weighted by Gasteiger charge is -2.21. The molecule has 0 saturated heterocycles. The molecule has 0 bridgehead atoms. The van der Waals surface area contributed by atoms with Crippen LogP contribution in [0.4, 0.5) is 0 Å². The summed E-state index contributed by atoms with van der Waals surface area (Å²) in [5.41, 5.74) is 0. The third-order valence-corrected chi connectivity index (χ3v) is 3.90. The highest BCUT2D eigenvalue weighted by Crippen LogP contribution is 2.00. The van der Waals surface area contributed by atoms with Gasteiger partial charge < -0.3 is 20.3 Å². The first-order valence-electron chi connectivity index (χ1n) is 9.88. The number of halogens is 1. The van der Waals surface area contributed by atoms with E-state index in [4.69, 9.17) is 4.74 Å². The first-order chi connectivity index (χ1) is 11.5. The Hall–Kier alpha value is -0.0800. The number of aliphatic imine (C=N–C) groups is 1. The van der Waals surface area contributed by atoms with Gasteiger partial charge in [0, 0.05) is 32.3 Å². The lowest BCUT2D eigenvalue weighted by molar-refractivity contribution is 0.109. The van der Waals surface area contributed by atoms with Gasteiger partial charge in [-0.05, 0) is 58.7 Å². The quantitative estimate of drug-likeness (QED) is 0.176. The maximum Gasteiger partial charge on any atom is 0.191 e. The van der Waals surface area contributed by atoms with Crippen LogP contribution in [0.5, 0.6) is 0 Å². The summed E-state index contributed by atoms with van der Waals surface area (Å²) < 4.78 is 5.60. The second-order valence-electron chi connectivity index (χ2n) is 6.80. The SMILES string of the molecule is CCNC(=NCCCOCC(C)C)NC(C)CCCN(CC)CC.I. The van der Waals surface area contributed by atoms with Crippen LogP contribution in [0.25, 0.3) is 0 Å². The largest absolute Gasteiger partial charge is 0.381 e. The number of hydrogen-bond acceptors (Lipinski definition) is 3. The molecular formula is C19H43IN4O. The van der Waals surface area contributed by atoms with Crippen LogP contribution in [0.3, 0.4) is 0 Å². The van der Waals surface area contributed by atoms with Crippen LogP contribution in [0, 0.1) is 5.92 Å². The van der Waals surface area contributed by atoms with Crippen LogP contribution in [0.1, 0.15) is 60.8 Å². The Morgan fingerprint density at radius 3 is 2.32 bits per heavy atom. The Bertz CT molecular complexity index is 310. The predicted octanol–water partition coefficient (Wildman–Crippen LogP) is 3.73. The summed E-state index contributed by atoms with van der Waals surface area (Å²) in [5, 5.41) is 6.85. The Balaban J connectivity index is 0. The second kappa shape index (κ2) is 18.7. The van der Waals surface area contributed by atoms with Crippen molar-refractivity contribution in [2.75, 3.05) is 45.9 Å². The van der Waals surface area contributed by atoms with Gasteiger partial charge in [-0.2, -0.15) is 0 Å². The first kappa shape index (κ1) is 27.1. The van der Waals surface area contributed by atoms with Crippen LogP contribution in [0.15, 0.2) is 4.99 Å². The number of nitrogens with zero attached hydrogens (tertiary/aromatic N) is 2. The minimum Gasteiger partial charge on any atom is -0.381 e. The zero-order valence-corrected chi connectivity index (χ0v) is 19.8. The van der Waals surface area contributed by atoms with Gasteiger partial charge in [0.15, 0.2) is 5.96 Å². The van der Waals surface area contributed by atoms with E-state index >= 15 is 0 Å². The zero-order valence-electron chi connectivity index (χ0n) is 17.4. The van der Waals surface area contributed by atoms with Crippen molar-refractivity contribution in [1.29, 1.82) is 0 Å². The van der Waals surface area contributed by atoms with Crippen molar-refractivity contribution in [3.8, 4) is 0 Å². The molecule has 5 nitrogen and oxygen atoms in total. The van der Waals surface area contributed by atoms with Crippen molar-refractivity contribution in [1.82, 2.24) is 15.5 Å². The Morgan fingerprint density at radius 1 is 1.08 bits per heavy atom. The van der Waals surface area contributed by atoms with Crippen molar-refractivity contribution in [3.05, 3.63) is 0 Å². The van der Waals surface area contributed by atoms with Gasteiger partial charge in [-0.3, -0.25) is 4.99 Å². The molecule has 2 N–H and O–H groups in total. The van der Waals surface area contributed by atoms with Crippen molar-refractivity contribution in [2.45, 2.75) is 66.8 Å². The number of ether oxygens (including phenoxy) is 1. The van der Waals surface area contributed by atoms with Crippen molar-refractivity contribution >= 4 is 29.9 Å². The van der Waals surface area contributed by atoms with E-state index in [1.807, 2.05) is 0 Å². The fraction of sp³-hybridized carbons (Fsp3) is 0.947. The first-order valence-corrected chi connectivity index (χ1v) is 9.88. The summed E-state index contributed by atoms with van der Waals surface area (Å²) in [4.78, 5) is 7.13. The fourth-order valence-corrected chi connectivity index (χ4v) is 2.46. The number of guanidine groups is 1. The molecule has 0 amide bonds. The van der Waals surface area contributed by atoms with E-state index in [1.54, 1.807) is 0 Å². The molecule has 0 aromatic carbocycles. The van der Waals surface area contributed by atoms with Gasteiger partial charge in [0.25, 0.3) is 0 Å². The molecule has 0 rings (SSSR count). The molecule has 25 heavy (non-hydrogen) atoms. The zero-order chi connectivity index (χ0) is 18.2. The molecule has 0 aromatic heterocycles. The standard InChI is InChI=1S/C19H42N4O.HI/c1-7-20-19(21-13-11-15-24-16-17(4)5)22-18(6)12-10-14-23(8-2)9-3;/h17-18H,7-16H2,1-6H3,(H2,20,21,22);1H. The second-order valence-corrected chi connectivity index (χ2v) is 6.80. The highest BCUT2D eigenvalue weighted by atomic mass is 127. The molecule has 152 valence electrons. The van der Waals surface area contributed by atoms with Crippen LogP contribution >= 0.6 is 24.0 Å². The smallest absolute Gasteiger partial charge is 0.191 e. The summed E-state index contributed by atoms with van der Waals surface area (Å²) in [5.74, 6) is 1.53. The third kappa shape index (κ3) is 17.1. The highest BCUT2D eigenvalue weighted by Gasteiger charge is 2.06. The molecule has 0 spiro atoms. The van der Waals surface area contributed by atoms with Crippen LogP contribution in [-0.4, -0.2) is 62.8 Å².